The van der Waals surface area contributed by atoms with Gasteiger partial charge in [-0.05, 0) is 56.3 Å². The molecule has 1 aliphatic heterocycles. The summed E-state index contributed by atoms with van der Waals surface area (Å²) in [6.07, 6.45) is 1.75. The van der Waals surface area contributed by atoms with Crippen molar-refractivity contribution in [2.45, 2.75) is 13.8 Å². The summed E-state index contributed by atoms with van der Waals surface area (Å²) in [6, 6.07) is 9.62. The topological polar surface area (TPSA) is 48.5 Å². The Kier molecular flexibility index (Phi) is 4.81. The third-order valence-corrected chi connectivity index (χ3v) is 4.60. The molecule has 0 atom stereocenters. The van der Waals surface area contributed by atoms with Crippen molar-refractivity contribution in [3.63, 3.8) is 0 Å². The monoisotopic (exact) mass is 324 g/mol. The Bertz CT molecular complexity index is 736. The Hall–Kier alpha value is -2.40. The molecule has 0 radical (unpaired) electrons. The van der Waals surface area contributed by atoms with Crippen molar-refractivity contribution in [1.82, 2.24) is 9.88 Å². The Morgan fingerprint density at radius 3 is 2.54 bits per heavy atom. The number of nitrogens with one attached hydrogen (secondary N) is 1. The molecule has 1 aromatic carbocycles. The maximum atomic E-state index is 12.7. The molecule has 1 aliphatic rings. The number of pyridine rings is 1. The first kappa shape index (κ1) is 16.5. The van der Waals surface area contributed by atoms with Crippen LogP contribution >= 0.6 is 0 Å². The van der Waals surface area contributed by atoms with Crippen molar-refractivity contribution >= 4 is 17.4 Å². The van der Waals surface area contributed by atoms with E-state index in [0.29, 0.717) is 5.56 Å². The van der Waals surface area contributed by atoms with Crippen molar-refractivity contribution in [2.75, 3.05) is 43.4 Å². The molecule has 1 N–H and O–H groups in total. The molecule has 126 valence electrons. The molecule has 0 saturated carbocycles. The highest BCUT2D eigenvalue weighted by atomic mass is 16.1. The zero-order chi connectivity index (χ0) is 17.1. The van der Waals surface area contributed by atoms with Gasteiger partial charge in [0.2, 0.25) is 0 Å². The van der Waals surface area contributed by atoms with Crippen LogP contribution in [0.25, 0.3) is 0 Å². The molecule has 24 heavy (non-hydrogen) atoms. The minimum atomic E-state index is -0.111. The average molecular weight is 324 g/mol. The molecule has 0 unspecified atom stereocenters. The van der Waals surface area contributed by atoms with Crippen molar-refractivity contribution in [3.8, 4) is 0 Å². The predicted molar refractivity (Wildman–Crippen MR) is 97.8 cm³/mol. The summed E-state index contributed by atoms with van der Waals surface area (Å²) in [5.41, 5.74) is 3.82. The van der Waals surface area contributed by atoms with Crippen LogP contribution in [0.2, 0.25) is 0 Å². The number of amides is 1. The van der Waals surface area contributed by atoms with Gasteiger partial charge in [0.05, 0.1) is 5.56 Å². The highest BCUT2D eigenvalue weighted by Gasteiger charge is 2.21. The van der Waals surface area contributed by atoms with Gasteiger partial charge < -0.3 is 15.1 Å². The highest BCUT2D eigenvalue weighted by Crippen LogP contribution is 2.21. The Balaban J connectivity index is 1.81. The number of aromatic nitrogens is 1. The lowest BCUT2D eigenvalue weighted by Crippen LogP contribution is -2.45. The molecule has 2 heterocycles. The normalized spacial score (nSPS) is 15.4. The van der Waals surface area contributed by atoms with Gasteiger partial charge in [0.1, 0.15) is 5.82 Å². The van der Waals surface area contributed by atoms with Crippen LogP contribution in [0.1, 0.15) is 21.5 Å². The van der Waals surface area contributed by atoms with Crippen molar-refractivity contribution in [3.05, 3.63) is 53.2 Å². The quantitative estimate of drug-likeness (QED) is 0.943. The van der Waals surface area contributed by atoms with E-state index in [1.54, 1.807) is 6.20 Å². The SMILES string of the molecule is Cc1ccc(NC(=O)c2cccnc2N2CCN(C)CC2)cc1C. The van der Waals surface area contributed by atoms with E-state index >= 15 is 0 Å². The Morgan fingerprint density at radius 1 is 1.08 bits per heavy atom. The second-order valence-corrected chi connectivity index (χ2v) is 6.42. The lowest BCUT2D eigenvalue weighted by atomic mass is 10.1. The van der Waals surface area contributed by atoms with Crippen LogP contribution in [0.4, 0.5) is 11.5 Å². The molecule has 1 amide bonds. The molecule has 5 nitrogen and oxygen atoms in total. The lowest BCUT2D eigenvalue weighted by molar-refractivity contribution is 0.102. The number of carbonyl (C=O) groups is 1. The van der Waals surface area contributed by atoms with Gasteiger partial charge >= 0.3 is 0 Å². The second-order valence-electron chi connectivity index (χ2n) is 6.42. The third-order valence-electron chi connectivity index (χ3n) is 4.60. The summed E-state index contributed by atoms with van der Waals surface area (Å²) in [7, 11) is 2.11. The summed E-state index contributed by atoms with van der Waals surface area (Å²) in [5.74, 6) is 0.659. The van der Waals surface area contributed by atoms with Gasteiger partial charge in [-0.3, -0.25) is 4.79 Å². The van der Waals surface area contributed by atoms with Crippen molar-refractivity contribution in [1.29, 1.82) is 0 Å². The number of aryl methyl sites for hydroxylation is 2. The average Bonchev–Trinajstić information content (AvgIpc) is 2.59. The van der Waals surface area contributed by atoms with Crippen molar-refractivity contribution in [2.24, 2.45) is 0 Å². The number of nitrogens with zero attached hydrogens (tertiary/aromatic N) is 3. The number of carbonyl (C=O) groups excluding carboxylic acids is 1. The summed E-state index contributed by atoms with van der Waals surface area (Å²) in [5, 5.41) is 3.00. The van der Waals surface area contributed by atoms with Gasteiger partial charge in [0.15, 0.2) is 0 Å². The zero-order valence-electron chi connectivity index (χ0n) is 14.5. The minimum absolute atomic E-state index is 0.111. The molecule has 5 heteroatoms. The highest BCUT2D eigenvalue weighted by molar-refractivity contribution is 6.07. The predicted octanol–water partition coefficient (Wildman–Crippen LogP) is 2.70. The maximum Gasteiger partial charge on any atom is 0.259 e. The fourth-order valence-electron chi connectivity index (χ4n) is 2.86. The number of anilines is 2. The number of hydrogen-bond donors (Lipinski definition) is 1. The number of rotatable bonds is 3. The number of benzene rings is 1. The van der Waals surface area contributed by atoms with E-state index in [1.807, 2.05) is 37.3 Å². The summed E-state index contributed by atoms with van der Waals surface area (Å²) in [4.78, 5) is 21.7. The van der Waals surface area contributed by atoms with Crippen LogP contribution in [0.3, 0.4) is 0 Å². The third kappa shape index (κ3) is 3.57. The first-order valence-electron chi connectivity index (χ1n) is 8.32. The maximum absolute atomic E-state index is 12.7. The molecule has 0 spiro atoms. The van der Waals surface area contributed by atoms with Crippen LogP contribution < -0.4 is 10.2 Å². The molecule has 2 aromatic rings. The van der Waals surface area contributed by atoms with E-state index in [1.165, 1.54) is 11.1 Å². The van der Waals surface area contributed by atoms with E-state index in [-0.39, 0.29) is 5.91 Å². The van der Waals surface area contributed by atoms with Crippen LogP contribution in [0, 0.1) is 13.8 Å². The Morgan fingerprint density at radius 2 is 1.83 bits per heavy atom. The summed E-state index contributed by atoms with van der Waals surface area (Å²) in [6.45, 7) is 7.84. The number of hydrogen-bond acceptors (Lipinski definition) is 4. The van der Waals surface area contributed by atoms with Gasteiger partial charge in [-0.1, -0.05) is 6.07 Å². The fourth-order valence-corrected chi connectivity index (χ4v) is 2.86. The van der Waals surface area contributed by atoms with E-state index in [2.05, 4.69) is 34.1 Å². The van der Waals surface area contributed by atoms with Gasteiger partial charge in [-0.2, -0.15) is 0 Å². The van der Waals surface area contributed by atoms with E-state index in [0.717, 1.165) is 37.7 Å². The minimum Gasteiger partial charge on any atom is -0.353 e. The molecule has 0 aliphatic carbocycles. The summed E-state index contributed by atoms with van der Waals surface area (Å²) >= 11 is 0. The number of piperazine rings is 1. The first-order chi connectivity index (χ1) is 11.5. The first-order valence-corrected chi connectivity index (χ1v) is 8.32. The van der Waals surface area contributed by atoms with Crippen LogP contribution in [0.5, 0.6) is 0 Å². The molecule has 0 bridgehead atoms. The molecular weight excluding hydrogens is 300 g/mol. The van der Waals surface area contributed by atoms with Gasteiger partial charge in [-0.25, -0.2) is 4.98 Å². The van der Waals surface area contributed by atoms with Crippen LogP contribution in [-0.4, -0.2) is 49.0 Å². The number of likely N-dealkylation sites (N-methyl/N-ethyl adjacent to an activating group) is 1. The van der Waals surface area contributed by atoms with Crippen LogP contribution in [0.15, 0.2) is 36.5 Å². The van der Waals surface area contributed by atoms with E-state index < -0.39 is 0 Å². The molecule has 1 aromatic heterocycles. The van der Waals surface area contributed by atoms with Gasteiger partial charge in [0, 0.05) is 38.1 Å². The molecular formula is C19H24N4O. The van der Waals surface area contributed by atoms with E-state index in [4.69, 9.17) is 0 Å². The van der Waals surface area contributed by atoms with Crippen LogP contribution in [-0.2, 0) is 0 Å². The fraction of sp³-hybridized carbons (Fsp3) is 0.368. The standard InChI is InChI=1S/C19H24N4O/c1-14-6-7-16(13-15(14)2)21-19(24)17-5-4-8-20-18(17)23-11-9-22(3)10-12-23/h4-8,13H,9-12H2,1-3H3,(H,21,24). The second kappa shape index (κ2) is 7.01. The van der Waals surface area contributed by atoms with E-state index in [9.17, 15) is 4.79 Å². The molecule has 3 rings (SSSR count). The lowest BCUT2D eigenvalue weighted by Gasteiger charge is -2.34. The molecule has 1 saturated heterocycles. The zero-order valence-corrected chi connectivity index (χ0v) is 14.5. The molecule has 1 fully saturated rings. The largest absolute Gasteiger partial charge is 0.353 e. The summed E-state index contributed by atoms with van der Waals surface area (Å²) < 4.78 is 0. The van der Waals surface area contributed by atoms with Gasteiger partial charge in [-0.15, -0.1) is 0 Å². The smallest absolute Gasteiger partial charge is 0.259 e. The van der Waals surface area contributed by atoms with Crippen molar-refractivity contribution < 1.29 is 4.79 Å². The Labute approximate surface area is 143 Å². The van der Waals surface area contributed by atoms with Gasteiger partial charge in [0.25, 0.3) is 5.91 Å².